The number of carbonyl (C=O) groups is 3. The smallest absolute Gasteiger partial charge is 0.266 e. The van der Waals surface area contributed by atoms with E-state index in [1.165, 1.54) is 36.7 Å². The molecule has 7 nitrogen and oxygen atoms in total. The summed E-state index contributed by atoms with van der Waals surface area (Å²) in [7, 11) is 0. The number of nitrogens with one attached hydrogen (secondary N) is 2. The molecule has 0 unspecified atom stereocenters. The molecule has 1 aromatic carbocycles. The van der Waals surface area contributed by atoms with Crippen molar-refractivity contribution in [2.45, 2.75) is 12.5 Å². The van der Waals surface area contributed by atoms with E-state index in [4.69, 9.17) is 0 Å². The normalized spacial score (nSPS) is 17.2. The Balaban J connectivity index is 1.66. The molecule has 1 fully saturated rings. The lowest BCUT2D eigenvalue weighted by Gasteiger charge is -2.15. The fourth-order valence-electron chi connectivity index (χ4n) is 2.33. The van der Waals surface area contributed by atoms with Gasteiger partial charge in [-0.15, -0.1) is 0 Å². The third-order valence-corrected chi connectivity index (χ3v) is 3.52. The number of benzene rings is 1. The number of hydrogen-bond acceptors (Lipinski definition) is 5. The lowest BCUT2D eigenvalue weighted by Crippen LogP contribution is -2.48. The molecule has 3 amide bonds. The summed E-state index contributed by atoms with van der Waals surface area (Å²) in [4.78, 5) is 41.1. The maximum Gasteiger partial charge on any atom is 0.266 e. The average Bonchev–Trinajstić information content (AvgIpc) is 2.88. The van der Waals surface area contributed by atoms with Gasteiger partial charge in [-0.2, -0.15) is 0 Å². The van der Waals surface area contributed by atoms with Crippen molar-refractivity contribution in [3.8, 4) is 0 Å². The van der Waals surface area contributed by atoms with Gasteiger partial charge in [-0.05, 0) is 36.4 Å². The number of halogens is 1. The summed E-state index contributed by atoms with van der Waals surface area (Å²) in [6.07, 6.45) is 2.80. The number of amides is 3. The van der Waals surface area contributed by atoms with Gasteiger partial charge in [-0.3, -0.25) is 24.8 Å². The average molecular weight is 328 g/mol. The van der Waals surface area contributed by atoms with Crippen molar-refractivity contribution in [2.24, 2.45) is 0 Å². The molecule has 2 heterocycles. The highest BCUT2D eigenvalue weighted by Crippen LogP contribution is 2.22. The lowest BCUT2D eigenvalue weighted by atomic mass is 10.2. The number of nitrogens with zero attached hydrogens (tertiary/aromatic N) is 2. The van der Waals surface area contributed by atoms with Crippen LogP contribution in [0, 0.1) is 5.82 Å². The van der Waals surface area contributed by atoms with Gasteiger partial charge in [0.15, 0.2) is 0 Å². The van der Waals surface area contributed by atoms with Gasteiger partial charge in [0.05, 0.1) is 17.7 Å². The Morgan fingerprint density at radius 1 is 1.21 bits per heavy atom. The van der Waals surface area contributed by atoms with Crippen LogP contribution in [0.2, 0.25) is 0 Å². The second-order valence-corrected chi connectivity index (χ2v) is 5.14. The monoisotopic (exact) mass is 328 g/mol. The quantitative estimate of drug-likeness (QED) is 0.639. The fourth-order valence-corrected chi connectivity index (χ4v) is 2.33. The van der Waals surface area contributed by atoms with Crippen molar-refractivity contribution in [1.29, 1.82) is 0 Å². The largest absolute Gasteiger partial charge is 0.287 e. The standard InChI is InChI=1S/C16H13FN4O3/c17-11-3-5-12(6-4-11)21-14(22)8-13(16(21)24)19-20-15(23)10-2-1-7-18-9-10/h1-7,9,13,19H,8H2,(H,20,23)/t13-/m1/s1. The van der Waals surface area contributed by atoms with Crippen molar-refractivity contribution in [3.05, 3.63) is 60.2 Å². The van der Waals surface area contributed by atoms with Gasteiger partial charge >= 0.3 is 0 Å². The number of hydrazine groups is 1. The molecule has 0 radical (unpaired) electrons. The zero-order valence-corrected chi connectivity index (χ0v) is 12.4. The zero-order chi connectivity index (χ0) is 17.1. The SMILES string of the molecule is O=C(NN[C@@H]1CC(=O)N(c2ccc(F)cc2)C1=O)c1cccnc1. The Kier molecular flexibility index (Phi) is 4.30. The first-order valence-electron chi connectivity index (χ1n) is 7.14. The Morgan fingerprint density at radius 3 is 2.62 bits per heavy atom. The first-order valence-corrected chi connectivity index (χ1v) is 7.14. The Labute approximate surface area is 136 Å². The number of pyridine rings is 1. The number of carbonyl (C=O) groups excluding carboxylic acids is 3. The molecule has 0 saturated carbocycles. The summed E-state index contributed by atoms with van der Waals surface area (Å²) < 4.78 is 13.0. The summed E-state index contributed by atoms with van der Waals surface area (Å²) in [6, 6.07) is 7.32. The predicted octanol–water partition coefficient (Wildman–Crippen LogP) is 0.787. The summed E-state index contributed by atoms with van der Waals surface area (Å²) in [6.45, 7) is 0. The highest BCUT2D eigenvalue weighted by Gasteiger charge is 2.39. The van der Waals surface area contributed by atoms with Crippen LogP contribution >= 0.6 is 0 Å². The first-order chi connectivity index (χ1) is 11.6. The van der Waals surface area contributed by atoms with Crippen LogP contribution in [0.3, 0.4) is 0 Å². The minimum Gasteiger partial charge on any atom is -0.287 e. The van der Waals surface area contributed by atoms with E-state index < -0.39 is 29.6 Å². The Bertz CT molecular complexity index is 780. The third kappa shape index (κ3) is 3.13. The molecule has 0 aliphatic carbocycles. The van der Waals surface area contributed by atoms with Gasteiger partial charge in [0.25, 0.3) is 11.8 Å². The van der Waals surface area contributed by atoms with Gasteiger partial charge < -0.3 is 0 Å². The minimum atomic E-state index is -0.886. The van der Waals surface area contributed by atoms with Crippen LogP contribution < -0.4 is 15.8 Å². The van der Waals surface area contributed by atoms with Crippen LogP contribution in [0.4, 0.5) is 10.1 Å². The van der Waals surface area contributed by atoms with Crippen LogP contribution in [0.1, 0.15) is 16.8 Å². The minimum absolute atomic E-state index is 0.108. The zero-order valence-electron chi connectivity index (χ0n) is 12.4. The molecule has 24 heavy (non-hydrogen) atoms. The molecule has 0 spiro atoms. The second-order valence-electron chi connectivity index (χ2n) is 5.14. The predicted molar refractivity (Wildman–Crippen MR) is 82.1 cm³/mol. The summed E-state index contributed by atoms with van der Waals surface area (Å²) in [5.41, 5.74) is 5.55. The molecule has 1 atom stereocenters. The van der Waals surface area contributed by atoms with Crippen molar-refractivity contribution in [1.82, 2.24) is 15.8 Å². The number of aromatic nitrogens is 1. The summed E-state index contributed by atoms with van der Waals surface area (Å²) in [5, 5.41) is 0. The molecule has 1 saturated heterocycles. The number of hydrogen-bond donors (Lipinski definition) is 2. The number of rotatable bonds is 4. The van der Waals surface area contributed by atoms with E-state index in [1.54, 1.807) is 12.1 Å². The van der Waals surface area contributed by atoms with Gasteiger partial charge in [0, 0.05) is 12.4 Å². The fraction of sp³-hybridized carbons (Fsp3) is 0.125. The van der Waals surface area contributed by atoms with Crippen molar-refractivity contribution in [2.75, 3.05) is 4.90 Å². The van der Waals surface area contributed by atoms with Crippen LogP contribution in [-0.4, -0.2) is 28.7 Å². The molecule has 1 aliphatic heterocycles. The molecule has 1 aliphatic rings. The van der Waals surface area contributed by atoms with E-state index in [-0.39, 0.29) is 12.1 Å². The van der Waals surface area contributed by atoms with Crippen LogP contribution in [0.5, 0.6) is 0 Å². The summed E-state index contributed by atoms with van der Waals surface area (Å²) in [5.74, 6) is -1.88. The molecule has 3 rings (SSSR count). The van der Waals surface area contributed by atoms with E-state index in [2.05, 4.69) is 15.8 Å². The highest BCUT2D eigenvalue weighted by molar-refractivity contribution is 6.22. The topological polar surface area (TPSA) is 91.4 Å². The van der Waals surface area contributed by atoms with E-state index in [0.717, 1.165) is 4.90 Å². The van der Waals surface area contributed by atoms with E-state index in [9.17, 15) is 18.8 Å². The second kappa shape index (κ2) is 6.55. The Morgan fingerprint density at radius 2 is 1.96 bits per heavy atom. The lowest BCUT2D eigenvalue weighted by molar-refractivity contribution is -0.121. The third-order valence-electron chi connectivity index (χ3n) is 3.52. The molecule has 1 aromatic heterocycles. The molecular formula is C16H13FN4O3. The number of anilines is 1. The molecule has 8 heteroatoms. The summed E-state index contributed by atoms with van der Waals surface area (Å²) >= 11 is 0. The highest BCUT2D eigenvalue weighted by atomic mass is 19.1. The van der Waals surface area contributed by atoms with Gasteiger partial charge in [-0.25, -0.2) is 14.7 Å². The number of imide groups is 1. The van der Waals surface area contributed by atoms with Crippen molar-refractivity contribution < 1.29 is 18.8 Å². The van der Waals surface area contributed by atoms with Gasteiger partial charge in [0.1, 0.15) is 11.9 Å². The van der Waals surface area contributed by atoms with E-state index in [1.807, 2.05) is 0 Å². The maximum atomic E-state index is 13.0. The Hall–Kier alpha value is -3.13. The van der Waals surface area contributed by atoms with Crippen LogP contribution in [0.15, 0.2) is 48.8 Å². The molecular weight excluding hydrogens is 315 g/mol. The van der Waals surface area contributed by atoms with Gasteiger partial charge in [0.2, 0.25) is 5.91 Å². The van der Waals surface area contributed by atoms with Crippen LogP contribution in [0.25, 0.3) is 0 Å². The van der Waals surface area contributed by atoms with Crippen molar-refractivity contribution in [3.63, 3.8) is 0 Å². The van der Waals surface area contributed by atoms with E-state index in [0.29, 0.717) is 5.56 Å². The maximum absolute atomic E-state index is 13.0. The molecule has 0 bridgehead atoms. The van der Waals surface area contributed by atoms with Gasteiger partial charge in [-0.1, -0.05) is 0 Å². The molecule has 122 valence electrons. The van der Waals surface area contributed by atoms with Crippen molar-refractivity contribution >= 4 is 23.4 Å². The van der Waals surface area contributed by atoms with E-state index >= 15 is 0 Å². The molecule has 2 aromatic rings. The first kappa shape index (κ1) is 15.8. The molecule has 2 N–H and O–H groups in total. The van der Waals surface area contributed by atoms with Crippen LogP contribution in [-0.2, 0) is 9.59 Å².